The molecule has 0 bridgehead atoms. The van der Waals surface area contributed by atoms with Gasteiger partial charge < -0.3 is 9.30 Å². The van der Waals surface area contributed by atoms with Crippen LogP contribution in [0.1, 0.15) is 84.6 Å². The maximum Gasteiger partial charge on any atom is 2.00 e. The van der Waals surface area contributed by atoms with Crippen molar-refractivity contribution in [1.29, 1.82) is 5.26 Å². The van der Waals surface area contributed by atoms with Gasteiger partial charge in [-0.1, -0.05) is 122 Å². The number of rotatable bonds is 6. The summed E-state index contributed by atoms with van der Waals surface area (Å²) in [6.45, 7) is 27.5. The molecule has 7 aromatic rings. The van der Waals surface area contributed by atoms with E-state index < -0.39 is 8.07 Å². The van der Waals surface area contributed by atoms with Gasteiger partial charge in [0.05, 0.1) is 19.7 Å². The molecule has 0 spiro atoms. The largest absolute Gasteiger partial charge is 2.00 e. The molecule has 0 fully saturated rings. The van der Waals surface area contributed by atoms with Crippen LogP contribution < -0.4 is 19.1 Å². The third-order valence-electron chi connectivity index (χ3n) is 11.2. The van der Waals surface area contributed by atoms with Crippen molar-refractivity contribution < 1.29 is 25.8 Å². The minimum atomic E-state index is -1.81. The van der Waals surface area contributed by atoms with Crippen LogP contribution in [0.3, 0.4) is 0 Å². The maximum atomic E-state index is 9.77. The first kappa shape index (κ1) is 42.7. The van der Waals surface area contributed by atoms with E-state index in [2.05, 4.69) is 174 Å². The number of pyridine rings is 1. The summed E-state index contributed by atoms with van der Waals surface area (Å²) in [6, 6.07) is 46.9. The van der Waals surface area contributed by atoms with Crippen LogP contribution in [0.25, 0.3) is 27.6 Å². The van der Waals surface area contributed by atoms with Gasteiger partial charge in [-0.05, 0) is 73.2 Å². The zero-order valence-corrected chi connectivity index (χ0v) is 40.0. The summed E-state index contributed by atoms with van der Waals surface area (Å²) in [7, 11) is -1.81. The molecule has 1 aliphatic heterocycles. The van der Waals surface area contributed by atoms with Gasteiger partial charge in [0, 0.05) is 46.6 Å². The summed E-state index contributed by atoms with van der Waals surface area (Å²) in [4.78, 5) is 4.83. The van der Waals surface area contributed by atoms with E-state index in [0.29, 0.717) is 17.1 Å². The Kier molecular flexibility index (Phi) is 10.9. The molecule has 0 aliphatic carbocycles. The van der Waals surface area contributed by atoms with Gasteiger partial charge in [-0.3, -0.25) is 0 Å². The van der Waals surface area contributed by atoms with E-state index in [-0.39, 0.29) is 37.3 Å². The molecule has 304 valence electrons. The SMILES string of the molecule is CC(C)(C)c1cc([N+]2=C=[N+](c3[c-]c(Oc4[c-]c5c(cc4)c4cc(C#N)ccc4n5-c4cc(C(C)(C)C)ccn4)ccc3)c3cccc([Si](C)(C)C)c32)cc(C(C)(C)C)c1.[Pt+2]. The molecule has 2 aromatic heterocycles. The van der Waals surface area contributed by atoms with Crippen LogP contribution in [0.15, 0.2) is 103 Å². The zero-order valence-electron chi connectivity index (χ0n) is 36.8. The summed E-state index contributed by atoms with van der Waals surface area (Å²) in [5.41, 5.74) is 10.2. The van der Waals surface area contributed by atoms with Gasteiger partial charge in [0.1, 0.15) is 11.5 Å². The summed E-state index contributed by atoms with van der Waals surface area (Å²) in [6.07, 6.45) is 1.86. The number of hydrogen-bond acceptors (Lipinski definition) is 3. The topological polar surface area (TPSA) is 56.9 Å². The smallest absolute Gasteiger partial charge is 0.509 e. The van der Waals surface area contributed by atoms with Gasteiger partial charge in [-0.25, -0.2) is 4.98 Å². The Morgan fingerprint density at radius 1 is 0.700 bits per heavy atom. The third-order valence-corrected chi connectivity index (χ3v) is 13.2. The van der Waals surface area contributed by atoms with E-state index in [1.165, 1.54) is 27.6 Å². The minimum Gasteiger partial charge on any atom is -0.509 e. The molecule has 5 aromatic carbocycles. The molecule has 8 heteroatoms. The molecule has 0 radical (unpaired) electrons. The molecule has 1 aliphatic rings. The van der Waals surface area contributed by atoms with Crippen LogP contribution in [0.4, 0.5) is 22.7 Å². The summed E-state index contributed by atoms with van der Waals surface area (Å²) < 4.78 is 13.1. The normalized spacial score (nSPS) is 13.1. The molecule has 0 saturated heterocycles. The van der Waals surface area contributed by atoms with Crippen LogP contribution in [-0.4, -0.2) is 23.6 Å². The van der Waals surface area contributed by atoms with E-state index in [1.54, 1.807) is 0 Å². The third kappa shape index (κ3) is 7.97. The molecule has 60 heavy (non-hydrogen) atoms. The maximum absolute atomic E-state index is 9.77. The molecule has 0 amide bonds. The number of ether oxygens (including phenoxy) is 1. The van der Waals surface area contributed by atoms with Gasteiger partial charge in [0.15, 0.2) is 0 Å². The number of fused-ring (bicyclic) bond motifs is 4. The van der Waals surface area contributed by atoms with Gasteiger partial charge in [-0.15, -0.1) is 23.6 Å². The standard InChI is InChI=1S/C52H53N5OSi.Pt/c1-50(2,3)35-23-24-54-48(29-35)57-44-22-19-34(32-53)25-43(44)42-21-20-41(31-46(42)57)58-40-16-13-15-38(30-40)55-33-56(49-45(55)17-14-18-47(49)59(10,11)12)39-27-36(51(4,5)6)26-37(28-39)52(7,8)9;/h13-29H,1-12H3;/q;+2. The summed E-state index contributed by atoms with van der Waals surface area (Å²) >= 11 is 0. The molecule has 0 saturated carbocycles. The monoisotopic (exact) mass is 986 g/mol. The van der Waals surface area contributed by atoms with E-state index in [4.69, 9.17) is 9.72 Å². The van der Waals surface area contributed by atoms with Crippen LogP contribution in [0, 0.1) is 23.5 Å². The van der Waals surface area contributed by atoms with E-state index >= 15 is 0 Å². The van der Waals surface area contributed by atoms with Gasteiger partial charge >= 0.3 is 27.1 Å². The Bertz CT molecular complexity index is 2920. The second-order valence-electron chi connectivity index (χ2n) is 19.9. The summed E-state index contributed by atoms with van der Waals surface area (Å²) in [5.74, 6) is 1.90. The molecule has 0 unspecified atom stereocenters. The molecular formula is C52H53N5OPtSi+2. The Balaban J connectivity index is 0.00000544. The van der Waals surface area contributed by atoms with Gasteiger partial charge in [0.25, 0.3) is 11.4 Å². The number of nitrogens with zero attached hydrogens (tertiary/aromatic N) is 5. The van der Waals surface area contributed by atoms with Crippen LogP contribution in [0.5, 0.6) is 11.5 Å². The Labute approximate surface area is 370 Å². The average molecular weight is 987 g/mol. The predicted octanol–water partition coefficient (Wildman–Crippen LogP) is 12.7. The van der Waals surface area contributed by atoms with Crippen molar-refractivity contribution in [3.05, 3.63) is 138 Å². The summed E-state index contributed by atoms with van der Waals surface area (Å²) in [5, 5.41) is 13.1. The fraction of sp³-hybridized carbons (Fsp3) is 0.288. The van der Waals surface area contributed by atoms with E-state index in [9.17, 15) is 5.26 Å². The van der Waals surface area contributed by atoms with Crippen molar-refractivity contribution in [2.24, 2.45) is 0 Å². The number of aromatic nitrogens is 2. The Hall–Kier alpha value is -5.37. The predicted molar refractivity (Wildman–Crippen MR) is 247 cm³/mol. The molecule has 3 heterocycles. The van der Waals surface area contributed by atoms with Crippen molar-refractivity contribution in [3.8, 4) is 23.4 Å². The van der Waals surface area contributed by atoms with Crippen molar-refractivity contribution in [2.45, 2.75) is 98.2 Å². The number of para-hydroxylation sites is 1. The van der Waals surface area contributed by atoms with Gasteiger partial charge in [-0.2, -0.15) is 17.4 Å². The van der Waals surface area contributed by atoms with Crippen LogP contribution in [0.2, 0.25) is 19.6 Å². The van der Waals surface area contributed by atoms with Crippen molar-refractivity contribution in [1.82, 2.24) is 18.7 Å². The Morgan fingerprint density at radius 2 is 1.37 bits per heavy atom. The molecule has 0 atom stereocenters. The molecule has 0 N–H and O–H groups in total. The second-order valence-corrected chi connectivity index (χ2v) is 24.9. The molecule has 6 nitrogen and oxygen atoms in total. The molecule has 8 rings (SSSR count). The Morgan fingerprint density at radius 3 is 2.02 bits per heavy atom. The first-order valence-electron chi connectivity index (χ1n) is 20.4. The van der Waals surface area contributed by atoms with Crippen LogP contribution in [-0.2, 0) is 37.3 Å². The van der Waals surface area contributed by atoms with Crippen molar-refractivity contribution >= 4 is 63.8 Å². The average Bonchev–Trinajstić information content (AvgIpc) is 3.72. The van der Waals surface area contributed by atoms with Gasteiger partial charge in [0.2, 0.25) is 5.69 Å². The van der Waals surface area contributed by atoms with Crippen molar-refractivity contribution in [2.75, 3.05) is 0 Å². The fourth-order valence-electron chi connectivity index (χ4n) is 7.78. The van der Waals surface area contributed by atoms with E-state index in [0.717, 1.165) is 44.7 Å². The number of benzene rings is 5. The molecular weight excluding hydrogens is 934 g/mol. The van der Waals surface area contributed by atoms with E-state index in [1.807, 2.05) is 48.7 Å². The fourth-order valence-corrected chi connectivity index (χ4v) is 9.32. The second kappa shape index (κ2) is 15.3. The quantitative estimate of drug-likeness (QED) is 0.0947. The number of nitriles is 1. The zero-order chi connectivity index (χ0) is 42.2. The van der Waals surface area contributed by atoms with Crippen LogP contribution >= 0.6 is 0 Å². The number of hydrogen-bond donors (Lipinski definition) is 0. The first-order valence-corrected chi connectivity index (χ1v) is 23.9. The minimum absolute atomic E-state index is 0. The first-order chi connectivity index (χ1) is 27.7. The van der Waals surface area contributed by atoms with Crippen molar-refractivity contribution in [3.63, 3.8) is 0 Å².